The first-order valence-electron chi connectivity index (χ1n) is 7.54. The lowest BCUT2D eigenvalue weighted by Gasteiger charge is -2.44. The van der Waals surface area contributed by atoms with Crippen molar-refractivity contribution in [2.75, 3.05) is 13.1 Å². The number of carbonyl (C=O) groups is 1. The molecule has 0 bridgehead atoms. The van der Waals surface area contributed by atoms with Gasteiger partial charge < -0.3 is 10.2 Å². The number of hydrogen-bond donors (Lipinski definition) is 1. The van der Waals surface area contributed by atoms with Crippen molar-refractivity contribution in [3.8, 4) is 0 Å². The van der Waals surface area contributed by atoms with Crippen LogP contribution in [0.3, 0.4) is 0 Å². The molecule has 1 N–H and O–H groups in total. The topological polar surface area (TPSA) is 32.3 Å². The first-order valence-corrected chi connectivity index (χ1v) is 7.54. The maximum absolute atomic E-state index is 12.8. The highest BCUT2D eigenvalue weighted by molar-refractivity contribution is 5.80. The van der Waals surface area contributed by atoms with E-state index in [0.717, 1.165) is 25.9 Å². The summed E-state index contributed by atoms with van der Waals surface area (Å²) in [6.07, 6.45) is 3.44. The van der Waals surface area contributed by atoms with Crippen LogP contribution in [0.25, 0.3) is 0 Å². The van der Waals surface area contributed by atoms with Crippen molar-refractivity contribution in [1.82, 2.24) is 10.2 Å². The SMILES string of the molecule is CC1CC(C)C(C)N(C(=O)C2CCCNC2C)C1. The van der Waals surface area contributed by atoms with Crippen LogP contribution in [0.15, 0.2) is 0 Å². The van der Waals surface area contributed by atoms with E-state index in [1.54, 1.807) is 0 Å². The lowest BCUT2D eigenvalue weighted by molar-refractivity contribution is -0.143. The molecule has 0 radical (unpaired) electrons. The summed E-state index contributed by atoms with van der Waals surface area (Å²) in [6.45, 7) is 10.9. The van der Waals surface area contributed by atoms with Gasteiger partial charge >= 0.3 is 0 Å². The number of amides is 1. The average Bonchev–Trinajstić information content (AvgIpc) is 2.33. The van der Waals surface area contributed by atoms with E-state index in [9.17, 15) is 4.79 Å². The normalized spacial score (nSPS) is 41.8. The summed E-state index contributed by atoms with van der Waals surface area (Å²) in [5.74, 6) is 1.86. The molecule has 2 aliphatic heterocycles. The van der Waals surface area contributed by atoms with Gasteiger partial charge in [-0.15, -0.1) is 0 Å². The Bertz CT molecular complexity index is 305. The molecule has 0 spiro atoms. The van der Waals surface area contributed by atoms with Crippen molar-refractivity contribution in [3.63, 3.8) is 0 Å². The van der Waals surface area contributed by atoms with Gasteiger partial charge in [-0.2, -0.15) is 0 Å². The van der Waals surface area contributed by atoms with E-state index in [4.69, 9.17) is 0 Å². The van der Waals surface area contributed by atoms with Crippen LogP contribution in [0.1, 0.15) is 47.0 Å². The van der Waals surface area contributed by atoms with Crippen molar-refractivity contribution >= 4 is 5.91 Å². The third kappa shape index (κ3) is 2.71. The number of nitrogens with one attached hydrogen (secondary N) is 1. The molecule has 2 rings (SSSR count). The van der Waals surface area contributed by atoms with Crippen molar-refractivity contribution in [3.05, 3.63) is 0 Å². The Hall–Kier alpha value is -0.570. The second kappa shape index (κ2) is 5.60. The van der Waals surface area contributed by atoms with Gasteiger partial charge in [0.2, 0.25) is 5.91 Å². The van der Waals surface area contributed by atoms with E-state index in [1.807, 2.05) is 0 Å². The maximum Gasteiger partial charge on any atom is 0.227 e. The standard InChI is InChI=1S/C15H28N2O/c1-10-8-11(2)13(4)17(9-10)15(18)14-6-5-7-16-12(14)3/h10-14,16H,5-9H2,1-4H3. The Labute approximate surface area is 111 Å². The van der Waals surface area contributed by atoms with Crippen LogP contribution in [0.4, 0.5) is 0 Å². The third-order valence-electron chi connectivity index (χ3n) is 4.96. The van der Waals surface area contributed by atoms with Crippen molar-refractivity contribution in [2.24, 2.45) is 17.8 Å². The molecular formula is C15H28N2O. The predicted octanol–water partition coefficient (Wildman–Crippen LogP) is 2.27. The average molecular weight is 252 g/mol. The number of nitrogens with zero attached hydrogens (tertiary/aromatic N) is 1. The second-order valence-corrected chi connectivity index (χ2v) is 6.54. The van der Waals surface area contributed by atoms with Gasteiger partial charge in [0.15, 0.2) is 0 Å². The Kier molecular flexibility index (Phi) is 4.31. The van der Waals surface area contributed by atoms with E-state index in [2.05, 4.69) is 37.9 Å². The first-order chi connectivity index (χ1) is 8.50. The molecule has 5 atom stereocenters. The summed E-state index contributed by atoms with van der Waals surface area (Å²) in [7, 11) is 0. The number of likely N-dealkylation sites (tertiary alicyclic amines) is 1. The summed E-state index contributed by atoms with van der Waals surface area (Å²) >= 11 is 0. The fourth-order valence-electron chi connectivity index (χ4n) is 3.60. The fraction of sp³-hybridized carbons (Fsp3) is 0.933. The summed E-state index contributed by atoms with van der Waals surface area (Å²) < 4.78 is 0. The van der Waals surface area contributed by atoms with Gasteiger partial charge in [0.1, 0.15) is 0 Å². The Morgan fingerprint density at radius 3 is 2.61 bits per heavy atom. The van der Waals surface area contributed by atoms with E-state index < -0.39 is 0 Å². The summed E-state index contributed by atoms with van der Waals surface area (Å²) in [4.78, 5) is 14.9. The molecule has 0 aliphatic carbocycles. The molecule has 3 nitrogen and oxygen atoms in total. The zero-order chi connectivity index (χ0) is 13.3. The Balaban J connectivity index is 2.06. The van der Waals surface area contributed by atoms with Gasteiger partial charge in [-0.1, -0.05) is 13.8 Å². The number of hydrogen-bond acceptors (Lipinski definition) is 2. The summed E-state index contributed by atoms with van der Waals surface area (Å²) in [5.41, 5.74) is 0. The highest BCUT2D eigenvalue weighted by Gasteiger charge is 2.37. The molecule has 0 aromatic carbocycles. The molecular weight excluding hydrogens is 224 g/mol. The van der Waals surface area contributed by atoms with Crippen LogP contribution >= 0.6 is 0 Å². The molecule has 1 amide bonds. The minimum atomic E-state index is 0.193. The molecule has 0 saturated carbocycles. The molecule has 2 saturated heterocycles. The Morgan fingerprint density at radius 1 is 1.22 bits per heavy atom. The highest BCUT2D eigenvalue weighted by Crippen LogP contribution is 2.30. The fourth-order valence-corrected chi connectivity index (χ4v) is 3.60. The van der Waals surface area contributed by atoms with Gasteiger partial charge in [0.25, 0.3) is 0 Å². The first kappa shape index (κ1) is 13.9. The molecule has 2 aliphatic rings. The molecule has 3 heteroatoms. The summed E-state index contributed by atoms with van der Waals surface area (Å²) in [5, 5.41) is 3.44. The van der Waals surface area contributed by atoms with Crippen LogP contribution in [0.2, 0.25) is 0 Å². The van der Waals surface area contributed by atoms with Gasteiger partial charge in [-0.05, 0) is 51.5 Å². The minimum Gasteiger partial charge on any atom is -0.339 e. The van der Waals surface area contributed by atoms with Crippen LogP contribution in [-0.2, 0) is 4.79 Å². The monoisotopic (exact) mass is 252 g/mol. The molecule has 2 fully saturated rings. The van der Waals surface area contributed by atoms with Crippen LogP contribution in [-0.4, -0.2) is 36.0 Å². The van der Waals surface area contributed by atoms with Crippen molar-refractivity contribution < 1.29 is 4.79 Å². The molecule has 0 aromatic heterocycles. The zero-order valence-corrected chi connectivity index (χ0v) is 12.3. The predicted molar refractivity (Wildman–Crippen MR) is 74.3 cm³/mol. The Morgan fingerprint density at radius 2 is 1.94 bits per heavy atom. The number of rotatable bonds is 1. The second-order valence-electron chi connectivity index (χ2n) is 6.54. The van der Waals surface area contributed by atoms with E-state index in [0.29, 0.717) is 29.8 Å². The maximum atomic E-state index is 12.8. The lowest BCUT2D eigenvalue weighted by atomic mass is 9.83. The number of carbonyl (C=O) groups excluding carboxylic acids is 1. The largest absolute Gasteiger partial charge is 0.339 e. The van der Waals surface area contributed by atoms with Crippen LogP contribution < -0.4 is 5.32 Å². The quantitative estimate of drug-likeness (QED) is 0.776. The lowest BCUT2D eigenvalue weighted by Crippen LogP contribution is -2.54. The molecule has 5 unspecified atom stereocenters. The van der Waals surface area contributed by atoms with Crippen LogP contribution in [0, 0.1) is 17.8 Å². The minimum absolute atomic E-state index is 0.193. The smallest absolute Gasteiger partial charge is 0.227 e. The highest BCUT2D eigenvalue weighted by atomic mass is 16.2. The van der Waals surface area contributed by atoms with Gasteiger partial charge in [0, 0.05) is 18.6 Å². The van der Waals surface area contributed by atoms with E-state index in [1.165, 1.54) is 6.42 Å². The summed E-state index contributed by atoms with van der Waals surface area (Å²) in [6, 6.07) is 0.744. The molecule has 18 heavy (non-hydrogen) atoms. The third-order valence-corrected chi connectivity index (χ3v) is 4.96. The van der Waals surface area contributed by atoms with Gasteiger partial charge in [0.05, 0.1) is 5.92 Å². The van der Waals surface area contributed by atoms with Crippen molar-refractivity contribution in [2.45, 2.75) is 59.0 Å². The van der Waals surface area contributed by atoms with Crippen LogP contribution in [0.5, 0.6) is 0 Å². The van der Waals surface area contributed by atoms with Crippen molar-refractivity contribution in [1.29, 1.82) is 0 Å². The van der Waals surface area contributed by atoms with Gasteiger partial charge in [-0.25, -0.2) is 0 Å². The van der Waals surface area contributed by atoms with E-state index >= 15 is 0 Å². The van der Waals surface area contributed by atoms with E-state index in [-0.39, 0.29) is 5.92 Å². The molecule has 104 valence electrons. The molecule has 0 aromatic rings. The number of piperidine rings is 2. The zero-order valence-electron chi connectivity index (χ0n) is 12.3. The molecule has 2 heterocycles. The van der Waals surface area contributed by atoms with Gasteiger partial charge in [-0.3, -0.25) is 4.79 Å².